The number of hydrogen-bond acceptors (Lipinski definition) is 3. The highest BCUT2D eigenvalue weighted by molar-refractivity contribution is 5.94. The van der Waals surface area contributed by atoms with Crippen LogP contribution in [0.1, 0.15) is 32.0 Å². The monoisotopic (exact) mass is 257 g/mol. The van der Waals surface area contributed by atoms with E-state index in [9.17, 15) is 9.59 Å². The molecule has 98 valence electrons. The lowest BCUT2D eigenvalue weighted by Crippen LogP contribution is -2.23. The van der Waals surface area contributed by atoms with E-state index in [4.69, 9.17) is 5.73 Å². The average Bonchev–Trinajstić information content (AvgIpc) is 2.94. The Morgan fingerprint density at radius 1 is 1.32 bits per heavy atom. The van der Waals surface area contributed by atoms with Gasteiger partial charge in [-0.1, -0.05) is 24.3 Å². The zero-order valence-electron chi connectivity index (χ0n) is 10.3. The topological polar surface area (TPSA) is 88.0 Å². The van der Waals surface area contributed by atoms with Crippen LogP contribution in [0.25, 0.3) is 0 Å². The molecular weight excluding hydrogens is 242 g/mol. The largest absolute Gasteiger partial charge is 0.357 e. The molecule has 4 N–H and O–H groups in total. The van der Waals surface area contributed by atoms with E-state index >= 15 is 0 Å². The van der Waals surface area contributed by atoms with Gasteiger partial charge in [0, 0.05) is 24.8 Å². The van der Waals surface area contributed by atoms with Crippen LogP contribution in [0.4, 0.5) is 0 Å². The number of rotatable bonds is 5. The van der Waals surface area contributed by atoms with Gasteiger partial charge in [-0.25, -0.2) is 0 Å². The highest BCUT2D eigenvalue weighted by Crippen LogP contribution is 2.05. The summed E-state index contributed by atoms with van der Waals surface area (Å²) in [6.45, 7) is 0.892. The van der Waals surface area contributed by atoms with Gasteiger partial charge in [-0.3, -0.25) is 9.59 Å². The van der Waals surface area contributed by atoms with Crippen molar-refractivity contribution in [1.29, 1.82) is 0 Å². The lowest BCUT2D eigenvalue weighted by atomic mass is 10.1. The fourth-order valence-corrected chi connectivity index (χ4v) is 1.75. The van der Waals surface area contributed by atoms with E-state index in [1.165, 1.54) is 12.3 Å². The molecule has 0 bridgehead atoms. The number of nitrogens with two attached hydrogens (primary N) is 1. The van der Waals surface area contributed by atoms with Crippen LogP contribution in [-0.2, 0) is 13.1 Å². The minimum atomic E-state index is -0.244. The molecule has 0 saturated heterocycles. The van der Waals surface area contributed by atoms with Gasteiger partial charge in [0.15, 0.2) is 6.29 Å². The zero-order valence-corrected chi connectivity index (χ0v) is 10.3. The van der Waals surface area contributed by atoms with Gasteiger partial charge < -0.3 is 16.0 Å². The molecular formula is C14H15N3O2. The number of aldehydes is 1. The molecule has 5 heteroatoms. The van der Waals surface area contributed by atoms with Gasteiger partial charge in [0.1, 0.15) is 5.69 Å². The molecule has 0 aliphatic heterocycles. The van der Waals surface area contributed by atoms with Crippen LogP contribution >= 0.6 is 0 Å². The lowest BCUT2D eigenvalue weighted by Gasteiger charge is -2.05. The van der Waals surface area contributed by atoms with E-state index in [1.807, 2.05) is 24.3 Å². The Labute approximate surface area is 110 Å². The van der Waals surface area contributed by atoms with Gasteiger partial charge in [0.25, 0.3) is 5.91 Å². The van der Waals surface area contributed by atoms with Gasteiger partial charge >= 0.3 is 0 Å². The van der Waals surface area contributed by atoms with E-state index in [0.29, 0.717) is 30.6 Å². The van der Waals surface area contributed by atoms with E-state index in [2.05, 4.69) is 10.3 Å². The second-order valence-electron chi connectivity index (χ2n) is 4.17. The van der Waals surface area contributed by atoms with Crippen molar-refractivity contribution in [2.45, 2.75) is 13.1 Å². The third-order valence-corrected chi connectivity index (χ3v) is 2.77. The molecule has 0 radical (unpaired) electrons. The summed E-state index contributed by atoms with van der Waals surface area (Å²) in [5, 5.41) is 2.78. The van der Waals surface area contributed by atoms with Crippen LogP contribution in [0, 0.1) is 0 Å². The first-order chi connectivity index (χ1) is 9.22. The number of nitrogens with one attached hydrogen (secondary N) is 2. The average molecular weight is 257 g/mol. The molecule has 0 atom stereocenters. The number of amides is 1. The Morgan fingerprint density at radius 3 is 2.79 bits per heavy atom. The van der Waals surface area contributed by atoms with Crippen molar-refractivity contribution in [3.63, 3.8) is 0 Å². The van der Waals surface area contributed by atoms with Crippen molar-refractivity contribution in [1.82, 2.24) is 10.3 Å². The number of H-pyrrole nitrogens is 1. The fraction of sp³-hybridized carbons (Fsp3) is 0.143. The minimum Gasteiger partial charge on any atom is -0.357 e. The van der Waals surface area contributed by atoms with Crippen molar-refractivity contribution < 1.29 is 9.59 Å². The highest BCUT2D eigenvalue weighted by Gasteiger charge is 2.07. The predicted molar refractivity (Wildman–Crippen MR) is 71.7 cm³/mol. The predicted octanol–water partition coefficient (Wildman–Crippen LogP) is 1.22. The smallest absolute Gasteiger partial charge is 0.267 e. The fourth-order valence-electron chi connectivity index (χ4n) is 1.75. The molecule has 1 amide bonds. The molecule has 19 heavy (non-hydrogen) atoms. The van der Waals surface area contributed by atoms with Crippen LogP contribution in [-0.4, -0.2) is 17.2 Å². The molecule has 0 spiro atoms. The second kappa shape index (κ2) is 5.97. The van der Waals surface area contributed by atoms with Crippen molar-refractivity contribution >= 4 is 12.2 Å². The Morgan fingerprint density at radius 2 is 2.11 bits per heavy atom. The summed E-state index contributed by atoms with van der Waals surface area (Å²) in [4.78, 5) is 25.1. The summed E-state index contributed by atoms with van der Waals surface area (Å²) in [5.41, 5.74) is 8.39. The summed E-state index contributed by atoms with van der Waals surface area (Å²) >= 11 is 0. The minimum absolute atomic E-state index is 0.244. The molecule has 1 heterocycles. The molecule has 0 aliphatic carbocycles. The third-order valence-electron chi connectivity index (χ3n) is 2.77. The number of aromatic amines is 1. The first-order valence-electron chi connectivity index (χ1n) is 5.92. The van der Waals surface area contributed by atoms with Crippen molar-refractivity contribution in [3.8, 4) is 0 Å². The van der Waals surface area contributed by atoms with Crippen LogP contribution in [0.3, 0.4) is 0 Å². The molecule has 0 saturated carbocycles. The zero-order chi connectivity index (χ0) is 13.7. The van der Waals surface area contributed by atoms with Crippen LogP contribution < -0.4 is 11.1 Å². The maximum absolute atomic E-state index is 11.8. The van der Waals surface area contributed by atoms with Crippen molar-refractivity contribution in [2.75, 3.05) is 0 Å². The van der Waals surface area contributed by atoms with Gasteiger partial charge in [-0.2, -0.15) is 0 Å². The summed E-state index contributed by atoms with van der Waals surface area (Å²) in [5.74, 6) is -0.244. The molecule has 2 rings (SSSR count). The Bertz CT molecular complexity index is 590. The van der Waals surface area contributed by atoms with Gasteiger partial charge in [-0.05, 0) is 17.2 Å². The van der Waals surface area contributed by atoms with Crippen molar-refractivity contribution in [2.24, 2.45) is 5.73 Å². The number of carbonyl (C=O) groups excluding carboxylic acids is 2. The third kappa shape index (κ3) is 3.29. The van der Waals surface area contributed by atoms with E-state index < -0.39 is 0 Å². The number of carbonyl (C=O) groups is 2. The number of benzene rings is 1. The number of hydrogen-bond donors (Lipinski definition) is 3. The summed E-state index contributed by atoms with van der Waals surface area (Å²) in [6, 6.07) is 9.23. The van der Waals surface area contributed by atoms with Crippen LogP contribution in [0.15, 0.2) is 36.5 Å². The summed E-state index contributed by atoms with van der Waals surface area (Å²) < 4.78 is 0. The van der Waals surface area contributed by atoms with Crippen LogP contribution in [0.5, 0.6) is 0 Å². The number of aromatic nitrogens is 1. The Balaban J connectivity index is 1.97. The Kier molecular flexibility index (Phi) is 4.10. The summed E-state index contributed by atoms with van der Waals surface area (Å²) in [6.07, 6.45) is 2.19. The molecule has 5 nitrogen and oxygen atoms in total. The maximum atomic E-state index is 11.8. The van der Waals surface area contributed by atoms with E-state index in [-0.39, 0.29) is 5.91 Å². The van der Waals surface area contributed by atoms with Crippen LogP contribution in [0.2, 0.25) is 0 Å². The normalized spacial score (nSPS) is 10.2. The maximum Gasteiger partial charge on any atom is 0.267 e. The van der Waals surface area contributed by atoms with E-state index in [1.54, 1.807) is 0 Å². The first-order valence-corrected chi connectivity index (χ1v) is 5.92. The quantitative estimate of drug-likeness (QED) is 0.704. The van der Waals surface area contributed by atoms with Gasteiger partial charge in [0.2, 0.25) is 0 Å². The first kappa shape index (κ1) is 13.0. The van der Waals surface area contributed by atoms with Crippen molar-refractivity contribution in [3.05, 3.63) is 58.9 Å². The lowest BCUT2D eigenvalue weighted by molar-refractivity contribution is 0.0946. The molecule has 0 fully saturated rings. The van der Waals surface area contributed by atoms with E-state index in [0.717, 1.165) is 11.1 Å². The molecule has 0 unspecified atom stereocenters. The van der Waals surface area contributed by atoms with Gasteiger partial charge in [-0.15, -0.1) is 0 Å². The SMILES string of the molecule is NCc1cccc(CNC(=O)c2cc(C=O)c[nH]2)c1. The molecule has 1 aromatic carbocycles. The molecule has 2 aromatic rings. The Hall–Kier alpha value is -2.40. The summed E-state index contributed by atoms with van der Waals surface area (Å²) in [7, 11) is 0. The second-order valence-corrected chi connectivity index (χ2v) is 4.17. The molecule has 1 aromatic heterocycles. The molecule has 0 aliphatic rings. The standard InChI is InChI=1S/C14H15N3O2/c15-6-10-2-1-3-11(4-10)7-17-14(19)13-5-12(9-18)8-16-13/h1-5,8-9,16H,6-7,15H2,(H,17,19). The highest BCUT2D eigenvalue weighted by atomic mass is 16.1. The van der Waals surface area contributed by atoms with Gasteiger partial charge in [0.05, 0.1) is 0 Å².